The van der Waals surface area contributed by atoms with Crippen molar-refractivity contribution >= 4 is 23.6 Å². The highest BCUT2D eigenvalue weighted by Gasteiger charge is 2.36. The Hall–Kier alpha value is -2.87. The van der Waals surface area contributed by atoms with E-state index < -0.39 is 24.4 Å². The highest BCUT2D eigenvalue weighted by atomic mass is 16.5. The van der Waals surface area contributed by atoms with Crippen LogP contribution in [0.5, 0.6) is 0 Å². The summed E-state index contributed by atoms with van der Waals surface area (Å²) in [4.78, 5) is 31.4. The lowest BCUT2D eigenvalue weighted by Crippen LogP contribution is -2.55. The van der Waals surface area contributed by atoms with Gasteiger partial charge in [0.1, 0.15) is 18.6 Å². The highest BCUT2D eigenvalue weighted by molar-refractivity contribution is 6.19. The average Bonchev–Trinajstić information content (AvgIpc) is 2.99. The molecule has 1 amide bonds. The van der Waals surface area contributed by atoms with E-state index in [1.807, 2.05) is 54.6 Å². The van der Waals surface area contributed by atoms with E-state index in [1.54, 1.807) is 18.9 Å². The molecule has 180 valence electrons. The van der Waals surface area contributed by atoms with Gasteiger partial charge < -0.3 is 19.5 Å². The number of nitrogens with zero attached hydrogens (tertiary/aromatic N) is 2. The highest BCUT2D eigenvalue weighted by Crippen LogP contribution is 2.28. The Bertz CT molecular complexity index is 1020. The first kappa shape index (κ1) is 24.3. The fourth-order valence-corrected chi connectivity index (χ4v) is 4.60. The van der Waals surface area contributed by atoms with E-state index in [0.717, 1.165) is 42.5 Å². The molecule has 4 atom stereocenters. The molecule has 2 aromatic rings. The topological polar surface area (TPSA) is 91.2 Å². The van der Waals surface area contributed by atoms with Crippen LogP contribution < -0.4 is 10.2 Å². The Morgan fingerprint density at radius 3 is 2.47 bits per heavy atom. The minimum atomic E-state index is -1.11. The summed E-state index contributed by atoms with van der Waals surface area (Å²) in [6, 6.07) is 17.4. The number of hydrogen-bond donors (Lipinski definition) is 2. The van der Waals surface area contributed by atoms with E-state index in [9.17, 15) is 14.7 Å². The number of amides is 1. The zero-order chi connectivity index (χ0) is 24.1. The number of aliphatic hydroxyl groups is 1. The Labute approximate surface area is 200 Å². The molecule has 4 unspecified atom stereocenters. The molecule has 2 aliphatic rings. The van der Waals surface area contributed by atoms with Gasteiger partial charge >= 0.3 is 0 Å². The van der Waals surface area contributed by atoms with Crippen LogP contribution >= 0.6 is 0 Å². The number of aldehydes is 1. The first-order valence-electron chi connectivity index (χ1n) is 12.0. The van der Waals surface area contributed by atoms with E-state index >= 15 is 0 Å². The standard InChI is InChI=1S/C27H33N3O4/c1-18(17-31)24(32)26(34-20-13-7-4-8-14-20)29-25-27(33)30(2)22-16-10-9-15-21(22)23(28-25)19-11-5-3-6-12-19/h3,5-6,9-12,15-18,20,24-26,29,32H,4,7-8,13-14H2,1-2H3. The monoisotopic (exact) mass is 463 g/mol. The van der Waals surface area contributed by atoms with Gasteiger partial charge in [0.15, 0.2) is 6.17 Å². The van der Waals surface area contributed by atoms with Crippen molar-refractivity contribution in [2.24, 2.45) is 10.9 Å². The Kier molecular flexibility index (Phi) is 7.88. The van der Waals surface area contributed by atoms with Crippen LogP contribution in [0, 0.1) is 5.92 Å². The Balaban J connectivity index is 1.71. The molecule has 1 heterocycles. The van der Waals surface area contributed by atoms with Crippen LogP contribution in [0.15, 0.2) is 59.6 Å². The van der Waals surface area contributed by atoms with E-state index in [1.165, 1.54) is 6.42 Å². The molecule has 7 heteroatoms. The number of fused-ring (bicyclic) bond motifs is 1. The van der Waals surface area contributed by atoms with Crippen molar-refractivity contribution in [1.29, 1.82) is 0 Å². The lowest BCUT2D eigenvalue weighted by atomic mass is 9.97. The minimum Gasteiger partial charge on any atom is -0.388 e. The second-order valence-corrected chi connectivity index (χ2v) is 9.13. The number of anilines is 1. The van der Waals surface area contributed by atoms with E-state index in [-0.39, 0.29) is 12.0 Å². The van der Waals surface area contributed by atoms with Crippen molar-refractivity contribution in [1.82, 2.24) is 5.32 Å². The molecule has 4 rings (SSSR count). The number of aliphatic hydroxyl groups excluding tert-OH is 1. The first-order chi connectivity index (χ1) is 16.5. The maximum Gasteiger partial charge on any atom is 0.266 e. The van der Waals surface area contributed by atoms with Gasteiger partial charge in [-0.05, 0) is 18.9 Å². The molecule has 2 aromatic carbocycles. The quantitative estimate of drug-likeness (QED) is 0.463. The summed E-state index contributed by atoms with van der Waals surface area (Å²) in [7, 11) is 1.72. The van der Waals surface area contributed by atoms with Crippen LogP contribution in [0.1, 0.15) is 50.2 Å². The molecule has 7 nitrogen and oxygen atoms in total. The summed E-state index contributed by atoms with van der Waals surface area (Å²) in [6.07, 6.45) is 2.74. The third-order valence-electron chi connectivity index (χ3n) is 6.67. The molecular weight excluding hydrogens is 430 g/mol. The van der Waals surface area contributed by atoms with Crippen molar-refractivity contribution in [3.63, 3.8) is 0 Å². The van der Waals surface area contributed by atoms with Crippen LogP contribution in [0.2, 0.25) is 0 Å². The van der Waals surface area contributed by atoms with Gasteiger partial charge in [0.25, 0.3) is 5.91 Å². The number of rotatable bonds is 8. The zero-order valence-electron chi connectivity index (χ0n) is 19.8. The number of hydrogen-bond acceptors (Lipinski definition) is 6. The van der Waals surface area contributed by atoms with E-state index in [0.29, 0.717) is 12.0 Å². The van der Waals surface area contributed by atoms with Crippen LogP contribution in [0.3, 0.4) is 0 Å². The molecule has 1 fully saturated rings. The SMILES string of the molecule is CC(C=O)C(O)C(NC1N=C(c2ccccc2)c2ccccc2N(C)C1=O)OC1CCCCC1. The van der Waals surface area contributed by atoms with Crippen molar-refractivity contribution in [2.45, 2.75) is 63.6 Å². The largest absolute Gasteiger partial charge is 0.388 e. The summed E-state index contributed by atoms with van der Waals surface area (Å²) in [6.45, 7) is 1.64. The van der Waals surface area contributed by atoms with Gasteiger partial charge in [-0.1, -0.05) is 74.7 Å². The molecule has 1 aliphatic heterocycles. The fraction of sp³-hybridized carbons (Fsp3) is 0.444. The van der Waals surface area contributed by atoms with Gasteiger partial charge in [-0.15, -0.1) is 0 Å². The number of aliphatic imine (C=N–C) groups is 1. The molecule has 2 N–H and O–H groups in total. The lowest BCUT2D eigenvalue weighted by molar-refractivity contribution is -0.137. The molecule has 34 heavy (non-hydrogen) atoms. The lowest BCUT2D eigenvalue weighted by Gasteiger charge is -2.34. The van der Waals surface area contributed by atoms with Gasteiger partial charge in [0, 0.05) is 24.1 Å². The molecule has 1 aliphatic carbocycles. The van der Waals surface area contributed by atoms with Gasteiger partial charge in [-0.2, -0.15) is 0 Å². The molecule has 0 aromatic heterocycles. The number of likely N-dealkylation sites (N-methyl/N-ethyl adjacent to an activating group) is 1. The molecule has 0 radical (unpaired) electrons. The number of benzodiazepines with no additional fused rings is 1. The summed E-state index contributed by atoms with van der Waals surface area (Å²) in [5, 5.41) is 14.1. The molecular formula is C27H33N3O4. The number of carbonyl (C=O) groups is 2. The van der Waals surface area contributed by atoms with E-state index in [2.05, 4.69) is 5.32 Å². The third kappa shape index (κ3) is 5.27. The normalized spacial score (nSPS) is 21.7. The summed E-state index contributed by atoms with van der Waals surface area (Å²) in [5.74, 6) is -0.920. The fourth-order valence-electron chi connectivity index (χ4n) is 4.60. The van der Waals surface area contributed by atoms with Crippen LogP contribution in [-0.4, -0.2) is 54.7 Å². The minimum absolute atomic E-state index is 0.0341. The van der Waals surface area contributed by atoms with Gasteiger partial charge in [0.05, 0.1) is 17.5 Å². The number of carbonyl (C=O) groups excluding carboxylic acids is 2. The number of para-hydroxylation sites is 1. The summed E-state index contributed by atoms with van der Waals surface area (Å²) >= 11 is 0. The second-order valence-electron chi connectivity index (χ2n) is 9.13. The van der Waals surface area contributed by atoms with Gasteiger partial charge in [-0.25, -0.2) is 0 Å². The third-order valence-corrected chi connectivity index (χ3v) is 6.67. The second kappa shape index (κ2) is 11.0. The average molecular weight is 464 g/mol. The molecule has 1 saturated carbocycles. The Morgan fingerprint density at radius 1 is 1.09 bits per heavy atom. The molecule has 0 spiro atoms. The van der Waals surface area contributed by atoms with Crippen LogP contribution in [0.4, 0.5) is 5.69 Å². The molecule has 0 saturated heterocycles. The zero-order valence-corrected chi connectivity index (χ0v) is 19.8. The van der Waals surface area contributed by atoms with Crippen LogP contribution in [-0.2, 0) is 14.3 Å². The van der Waals surface area contributed by atoms with Crippen molar-refractivity contribution in [3.05, 3.63) is 65.7 Å². The summed E-state index contributed by atoms with van der Waals surface area (Å²) in [5.41, 5.74) is 3.17. The van der Waals surface area contributed by atoms with Gasteiger partial charge in [0.2, 0.25) is 0 Å². The first-order valence-corrected chi connectivity index (χ1v) is 12.0. The Morgan fingerprint density at radius 2 is 1.76 bits per heavy atom. The van der Waals surface area contributed by atoms with Crippen molar-refractivity contribution in [2.75, 3.05) is 11.9 Å². The summed E-state index contributed by atoms with van der Waals surface area (Å²) < 4.78 is 6.26. The van der Waals surface area contributed by atoms with Crippen LogP contribution in [0.25, 0.3) is 0 Å². The smallest absolute Gasteiger partial charge is 0.266 e. The van der Waals surface area contributed by atoms with Crippen molar-refractivity contribution in [3.8, 4) is 0 Å². The van der Waals surface area contributed by atoms with E-state index in [4.69, 9.17) is 9.73 Å². The van der Waals surface area contributed by atoms with Gasteiger partial charge in [-0.3, -0.25) is 15.1 Å². The number of nitrogens with one attached hydrogen (secondary N) is 1. The molecule has 0 bridgehead atoms. The number of ether oxygens (including phenoxy) is 1. The predicted molar refractivity (Wildman–Crippen MR) is 132 cm³/mol. The number of benzene rings is 2. The maximum atomic E-state index is 13.5. The predicted octanol–water partition coefficient (Wildman–Crippen LogP) is 3.29. The van der Waals surface area contributed by atoms with Crippen molar-refractivity contribution < 1.29 is 19.4 Å². The maximum absolute atomic E-state index is 13.5.